The Kier molecular flexibility index (Phi) is 4.41. The van der Waals surface area contributed by atoms with Crippen molar-refractivity contribution in [2.24, 2.45) is 0 Å². The highest BCUT2D eigenvalue weighted by atomic mass is 35.5. The number of rotatable bonds is 4. The van der Waals surface area contributed by atoms with Crippen LogP contribution in [0.15, 0.2) is 48.5 Å². The van der Waals surface area contributed by atoms with E-state index in [-0.39, 0.29) is 0 Å². The molecule has 6 heteroatoms. The molecule has 0 aliphatic carbocycles. The van der Waals surface area contributed by atoms with Gasteiger partial charge in [0.2, 0.25) is 0 Å². The third kappa shape index (κ3) is 4.17. The Labute approximate surface area is 121 Å². The standard InChI is InChI=1S/C13H11Cl2O3P/c1-19(16,17-11-6-4-5-10(14)9-11)18-13-8-3-2-7-12(13)15/h2-9H,1H3. The van der Waals surface area contributed by atoms with Crippen molar-refractivity contribution in [2.75, 3.05) is 6.66 Å². The normalized spacial score (nSPS) is 13.6. The molecular weight excluding hydrogens is 306 g/mol. The first kappa shape index (κ1) is 14.3. The molecule has 0 radical (unpaired) electrons. The van der Waals surface area contributed by atoms with E-state index in [0.717, 1.165) is 0 Å². The summed E-state index contributed by atoms with van der Waals surface area (Å²) in [7, 11) is -3.33. The fourth-order valence-electron chi connectivity index (χ4n) is 1.43. The highest BCUT2D eigenvalue weighted by molar-refractivity contribution is 7.53. The SMILES string of the molecule is CP(=O)(Oc1cccc(Cl)c1)Oc1ccccc1Cl. The Morgan fingerprint density at radius 1 is 1.00 bits per heavy atom. The zero-order valence-corrected chi connectivity index (χ0v) is 12.5. The van der Waals surface area contributed by atoms with E-state index in [1.54, 1.807) is 48.5 Å². The van der Waals surface area contributed by atoms with Crippen LogP contribution in [0.3, 0.4) is 0 Å². The van der Waals surface area contributed by atoms with Crippen molar-refractivity contribution in [3.63, 3.8) is 0 Å². The molecule has 0 spiro atoms. The summed E-state index contributed by atoms with van der Waals surface area (Å²) in [5.41, 5.74) is 0. The smallest absolute Gasteiger partial charge is 0.416 e. The van der Waals surface area contributed by atoms with Gasteiger partial charge in [0.15, 0.2) is 0 Å². The first-order chi connectivity index (χ1) is 8.96. The molecule has 0 bridgehead atoms. The molecule has 0 aliphatic heterocycles. The second-order valence-electron chi connectivity index (χ2n) is 3.84. The maximum atomic E-state index is 12.3. The molecule has 0 amide bonds. The molecule has 2 rings (SSSR count). The minimum absolute atomic E-state index is 0.317. The van der Waals surface area contributed by atoms with Crippen LogP contribution in [0.5, 0.6) is 11.5 Å². The first-order valence-electron chi connectivity index (χ1n) is 5.43. The molecule has 1 unspecified atom stereocenters. The van der Waals surface area contributed by atoms with Gasteiger partial charge in [-0.25, -0.2) is 4.57 Å². The molecule has 2 aromatic rings. The van der Waals surface area contributed by atoms with Gasteiger partial charge >= 0.3 is 7.60 Å². The maximum absolute atomic E-state index is 12.3. The Morgan fingerprint density at radius 2 is 1.74 bits per heavy atom. The summed E-state index contributed by atoms with van der Waals surface area (Å²) in [5, 5.41) is 0.870. The van der Waals surface area contributed by atoms with E-state index in [4.69, 9.17) is 32.2 Å². The molecule has 19 heavy (non-hydrogen) atoms. The Morgan fingerprint density at radius 3 is 2.42 bits per heavy atom. The third-order valence-corrected chi connectivity index (χ3v) is 3.79. The van der Waals surface area contributed by atoms with E-state index < -0.39 is 7.60 Å². The fraction of sp³-hybridized carbons (Fsp3) is 0.0769. The van der Waals surface area contributed by atoms with Crippen molar-refractivity contribution in [3.8, 4) is 11.5 Å². The number of halogens is 2. The number of benzene rings is 2. The van der Waals surface area contributed by atoms with E-state index in [1.165, 1.54) is 6.66 Å². The van der Waals surface area contributed by atoms with Crippen molar-refractivity contribution in [3.05, 3.63) is 58.6 Å². The summed E-state index contributed by atoms with van der Waals surface area (Å²) >= 11 is 11.8. The molecule has 0 fully saturated rings. The quantitative estimate of drug-likeness (QED) is 0.720. The van der Waals surface area contributed by atoms with Crippen LogP contribution < -0.4 is 9.05 Å². The molecule has 0 heterocycles. The van der Waals surface area contributed by atoms with Crippen LogP contribution in [0.1, 0.15) is 0 Å². The topological polar surface area (TPSA) is 35.5 Å². The molecule has 3 nitrogen and oxygen atoms in total. The van der Waals surface area contributed by atoms with Crippen LogP contribution in [0.25, 0.3) is 0 Å². The van der Waals surface area contributed by atoms with Crippen molar-refractivity contribution in [2.45, 2.75) is 0 Å². The monoisotopic (exact) mass is 316 g/mol. The summed E-state index contributed by atoms with van der Waals surface area (Å²) in [6, 6.07) is 13.4. The molecule has 1 atom stereocenters. The summed E-state index contributed by atoms with van der Waals surface area (Å²) < 4.78 is 22.9. The number of hydrogen-bond acceptors (Lipinski definition) is 3. The van der Waals surface area contributed by atoms with Gasteiger partial charge < -0.3 is 9.05 Å². The third-order valence-electron chi connectivity index (χ3n) is 2.17. The van der Waals surface area contributed by atoms with Gasteiger partial charge in [0.25, 0.3) is 0 Å². The van der Waals surface area contributed by atoms with E-state index in [2.05, 4.69) is 0 Å². The predicted molar refractivity (Wildman–Crippen MR) is 77.7 cm³/mol. The lowest BCUT2D eigenvalue weighted by Crippen LogP contribution is -1.99. The molecule has 0 N–H and O–H groups in total. The molecule has 100 valence electrons. The molecule has 0 saturated carbocycles. The van der Waals surface area contributed by atoms with Gasteiger partial charge in [0.1, 0.15) is 11.5 Å². The van der Waals surface area contributed by atoms with Gasteiger partial charge in [0.05, 0.1) is 11.7 Å². The summed E-state index contributed by atoms with van der Waals surface area (Å²) in [6.45, 7) is 1.37. The molecule has 0 saturated heterocycles. The van der Waals surface area contributed by atoms with Crippen molar-refractivity contribution in [1.82, 2.24) is 0 Å². The van der Waals surface area contributed by atoms with Crippen molar-refractivity contribution in [1.29, 1.82) is 0 Å². The summed E-state index contributed by atoms with van der Waals surface area (Å²) in [6.07, 6.45) is 0. The van der Waals surface area contributed by atoms with Crippen LogP contribution in [0, 0.1) is 0 Å². The number of hydrogen-bond donors (Lipinski definition) is 0. The molecule has 0 aliphatic rings. The summed E-state index contributed by atoms with van der Waals surface area (Å²) in [4.78, 5) is 0. The van der Waals surface area contributed by atoms with Gasteiger partial charge in [0, 0.05) is 5.02 Å². The first-order valence-corrected chi connectivity index (χ1v) is 8.18. The van der Waals surface area contributed by atoms with Crippen LogP contribution in [-0.4, -0.2) is 6.66 Å². The lowest BCUT2D eigenvalue weighted by molar-refractivity contribution is 0.393. The van der Waals surface area contributed by atoms with Gasteiger partial charge in [-0.3, -0.25) is 0 Å². The van der Waals surface area contributed by atoms with E-state index in [0.29, 0.717) is 21.5 Å². The maximum Gasteiger partial charge on any atom is 0.427 e. The zero-order chi connectivity index (χ0) is 13.9. The zero-order valence-electron chi connectivity index (χ0n) is 10.0. The van der Waals surface area contributed by atoms with E-state index in [9.17, 15) is 4.57 Å². The minimum Gasteiger partial charge on any atom is -0.416 e. The van der Waals surface area contributed by atoms with Crippen molar-refractivity contribution >= 4 is 30.8 Å². The fourth-order valence-corrected chi connectivity index (χ4v) is 2.89. The van der Waals surface area contributed by atoms with Crippen LogP contribution >= 0.6 is 30.8 Å². The van der Waals surface area contributed by atoms with Gasteiger partial charge in [-0.2, -0.15) is 0 Å². The van der Waals surface area contributed by atoms with Gasteiger partial charge in [-0.1, -0.05) is 41.4 Å². The average Bonchev–Trinajstić information content (AvgIpc) is 2.31. The van der Waals surface area contributed by atoms with E-state index >= 15 is 0 Å². The second-order valence-corrected chi connectivity index (χ2v) is 6.59. The summed E-state index contributed by atoms with van der Waals surface area (Å²) in [5.74, 6) is 0.697. The molecule has 2 aromatic carbocycles. The lowest BCUT2D eigenvalue weighted by Gasteiger charge is -2.16. The van der Waals surface area contributed by atoms with E-state index in [1.807, 2.05) is 0 Å². The lowest BCUT2D eigenvalue weighted by atomic mass is 10.3. The minimum atomic E-state index is -3.33. The molecular formula is C13H11Cl2O3P. The average molecular weight is 317 g/mol. The van der Waals surface area contributed by atoms with Crippen LogP contribution in [0.2, 0.25) is 10.0 Å². The number of para-hydroxylation sites is 1. The van der Waals surface area contributed by atoms with Crippen LogP contribution in [-0.2, 0) is 4.57 Å². The highest BCUT2D eigenvalue weighted by Gasteiger charge is 2.21. The highest BCUT2D eigenvalue weighted by Crippen LogP contribution is 2.46. The Bertz CT molecular complexity index is 631. The Balaban J connectivity index is 2.15. The van der Waals surface area contributed by atoms with Gasteiger partial charge in [-0.05, 0) is 30.3 Å². The largest absolute Gasteiger partial charge is 0.427 e. The second kappa shape index (κ2) is 5.87. The predicted octanol–water partition coefficient (Wildman–Crippen LogP) is 5.27. The molecule has 0 aromatic heterocycles. The van der Waals surface area contributed by atoms with Crippen molar-refractivity contribution < 1.29 is 13.6 Å². The Hall–Kier alpha value is -1.15. The van der Waals surface area contributed by atoms with Gasteiger partial charge in [-0.15, -0.1) is 0 Å². The van der Waals surface area contributed by atoms with Crippen LogP contribution in [0.4, 0.5) is 0 Å².